The van der Waals surface area contributed by atoms with Gasteiger partial charge in [0, 0.05) is 13.1 Å². The molecule has 1 fully saturated rings. The van der Waals surface area contributed by atoms with Gasteiger partial charge in [0.25, 0.3) is 0 Å². The molecule has 0 amide bonds. The van der Waals surface area contributed by atoms with Crippen LogP contribution in [-0.4, -0.2) is 38.1 Å². The largest absolute Gasteiger partial charge is 0.320 e. The molecule has 1 rings (SSSR count). The van der Waals surface area contributed by atoms with Crippen LogP contribution in [0.25, 0.3) is 0 Å². The first-order valence-electron chi connectivity index (χ1n) is 6.09. The van der Waals surface area contributed by atoms with Crippen LogP contribution in [0.1, 0.15) is 33.1 Å². The molecule has 1 N–H and O–H groups in total. The Hall–Kier alpha value is -0.0800. The van der Waals surface area contributed by atoms with Gasteiger partial charge in [-0.25, -0.2) is 0 Å². The van der Waals surface area contributed by atoms with Crippen LogP contribution in [0.15, 0.2) is 0 Å². The van der Waals surface area contributed by atoms with Crippen LogP contribution < -0.4 is 5.32 Å². The van der Waals surface area contributed by atoms with Crippen molar-refractivity contribution in [2.75, 3.05) is 33.2 Å². The Morgan fingerprint density at radius 2 is 1.79 bits per heavy atom. The van der Waals surface area contributed by atoms with E-state index in [0.717, 1.165) is 11.8 Å². The first-order valence-corrected chi connectivity index (χ1v) is 6.09. The summed E-state index contributed by atoms with van der Waals surface area (Å²) in [7, 11) is 2.03. The first-order chi connectivity index (χ1) is 6.72. The Kier molecular flexibility index (Phi) is 5.49. The summed E-state index contributed by atoms with van der Waals surface area (Å²) in [4.78, 5) is 2.65. The fourth-order valence-corrected chi connectivity index (χ4v) is 2.61. The molecule has 0 bridgehead atoms. The summed E-state index contributed by atoms with van der Waals surface area (Å²) in [6.07, 6.45) is 4.09. The van der Waals surface area contributed by atoms with E-state index in [1.54, 1.807) is 0 Å². The second-order valence-electron chi connectivity index (χ2n) is 5.02. The maximum atomic E-state index is 3.20. The molecule has 0 spiro atoms. The SMILES string of the molecule is CNCCCCN1C[C@H](C)C[C@H](C)C1. The van der Waals surface area contributed by atoms with Crippen molar-refractivity contribution in [3.63, 3.8) is 0 Å². The number of nitrogens with zero attached hydrogens (tertiary/aromatic N) is 1. The van der Waals surface area contributed by atoms with Crippen molar-refractivity contribution >= 4 is 0 Å². The lowest BCUT2D eigenvalue weighted by Gasteiger charge is -2.34. The van der Waals surface area contributed by atoms with Crippen molar-refractivity contribution in [2.24, 2.45) is 11.8 Å². The van der Waals surface area contributed by atoms with Gasteiger partial charge >= 0.3 is 0 Å². The highest BCUT2D eigenvalue weighted by Gasteiger charge is 2.20. The second kappa shape index (κ2) is 6.41. The molecule has 0 aromatic heterocycles. The van der Waals surface area contributed by atoms with Gasteiger partial charge in [-0.1, -0.05) is 13.8 Å². The fraction of sp³-hybridized carbons (Fsp3) is 1.00. The van der Waals surface area contributed by atoms with Crippen LogP contribution >= 0.6 is 0 Å². The summed E-state index contributed by atoms with van der Waals surface area (Å²) >= 11 is 0. The molecule has 1 heterocycles. The van der Waals surface area contributed by atoms with Crippen LogP contribution in [0.2, 0.25) is 0 Å². The minimum atomic E-state index is 0.906. The minimum Gasteiger partial charge on any atom is -0.320 e. The van der Waals surface area contributed by atoms with Crippen LogP contribution in [0.4, 0.5) is 0 Å². The molecule has 14 heavy (non-hydrogen) atoms. The van der Waals surface area contributed by atoms with E-state index in [-0.39, 0.29) is 0 Å². The third-order valence-corrected chi connectivity index (χ3v) is 3.10. The normalized spacial score (nSPS) is 29.4. The van der Waals surface area contributed by atoms with E-state index in [1.807, 2.05) is 7.05 Å². The summed E-state index contributed by atoms with van der Waals surface area (Å²) < 4.78 is 0. The van der Waals surface area contributed by atoms with Gasteiger partial charge < -0.3 is 10.2 Å². The molecule has 0 aromatic carbocycles. The number of rotatable bonds is 5. The Morgan fingerprint density at radius 3 is 2.36 bits per heavy atom. The van der Waals surface area contributed by atoms with Crippen LogP contribution in [0.5, 0.6) is 0 Å². The highest BCUT2D eigenvalue weighted by molar-refractivity contribution is 4.74. The Balaban J connectivity index is 2.10. The number of hydrogen-bond donors (Lipinski definition) is 1. The molecule has 1 saturated heterocycles. The lowest BCUT2D eigenvalue weighted by atomic mass is 9.92. The number of unbranched alkanes of at least 4 members (excludes halogenated alkanes) is 1. The van der Waals surface area contributed by atoms with Crippen molar-refractivity contribution in [1.82, 2.24) is 10.2 Å². The molecule has 1 aliphatic rings. The van der Waals surface area contributed by atoms with Gasteiger partial charge in [-0.15, -0.1) is 0 Å². The van der Waals surface area contributed by atoms with E-state index in [9.17, 15) is 0 Å². The maximum absolute atomic E-state index is 3.20. The first kappa shape index (κ1) is 12.0. The van der Waals surface area contributed by atoms with Gasteiger partial charge in [0.05, 0.1) is 0 Å². The van der Waals surface area contributed by atoms with Crippen molar-refractivity contribution < 1.29 is 0 Å². The number of likely N-dealkylation sites (tertiary alicyclic amines) is 1. The van der Waals surface area contributed by atoms with Gasteiger partial charge in [0.2, 0.25) is 0 Å². The van der Waals surface area contributed by atoms with E-state index >= 15 is 0 Å². The number of hydrogen-bond acceptors (Lipinski definition) is 2. The van der Waals surface area contributed by atoms with E-state index < -0.39 is 0 Å². The maximum Gasteiger partial charge on any atom is 0.000724 e. The van der Waals surface area contributed by atoms with Crippen molar-refractivity contribution in [1.29, 1.82) is 0 Å². The topological polar surface area (TPSA) is 15.3 Å². The third-order valence-electron chi connectivity index (χ3n) is 3.10. The summed E-state index contributed by atoms with van der Waals surface area (Å²) in [5.41, 5.74) is 0. The second-order valence-corrected chi connectivity index (χ2v) is 5.02. The zero-order chi connectivity index (χ0) is 10.4. The van der Waals surface area contributed by atoms with Crippen LogP contribution in [0.3, 0.4) is 0 Å². The lowest BCUT2D eigenvalue weighted by Crippen LogP contribution is -2.39. The average molecular weight is 198 g/mol. The monoisotopic (exact) mass is 198 g/mol. The molecule has 1 aliphatic heterocycles. The molecule has 2 nitrogen and oxygen atoms in total. The van der Waals surface area contributed by atoms with Crippen molar-refractivity contribution in [3.8, 4) is 0 Å². The molecule has 84 valence electrons. The van der Waals surface area contributed by atoms with E-state index in [0.29, 0.717) is 0 Å². The highest BCUT2D eigenvalue weighted by Crippen LogP contribution is 2.20. The summed E-state index contributed by atoms with van der Waals surface area (Å²) in [6.45, 7) is 9.88. The Labute approximate surface area is 89.1 Å². The Bertz CT molecular complexity index is 137. The molecule has 2 atom stereocenters. The van der Waals surface area contributed by atoms with E-state index in [2.05, 4.69) is 24.1 Å². The van der Waals surface area contributed by atoms with Gasteiger partial charge in [0.15, 0.2) is 0 Å². The predicted molar refractivity (Wildman–Crippen MR) is 62.5 cm³/mol. The van der Waals surface area contributed by atoms with Crippen molar-refractivity contribution in [3.05, 3.63) is 0 Å². The van der Waals surface area contributed by atoms with Crippen molar-refractivity contribution in [2.45, 2.75) is 33.1 Å². The average Bonchev–Trinajstić information content (AvgIpc) is 2.11. The minimum absolute atomic E-state index is 0.906. The standard InChI is InChI=1S/C12H26N2/c1-11-8-12(2)10-14(9-11)7-5-4-6-13-3/h11-13H,4-10H2,1-3H3/t11-,12+. The quantitative estimate of drug-likeness (QED) is 0.679. The Morgan fingerprint density at radius 1 is 1.14 bits per heavy atom. The number of nitrogens with one attached hydrogen (secondary N) is 1. The molecule has 0 aliphatic carbocycles. The van der Waals surface area contributed by atoms with Gasteiger partial charge in [-0.2, -0.15) is 0 Å². The van der Waals surface area contributed by atoms with Gasteiger partial charge in [-0.05, 0) is 51.2 Å². The van der Waals surface area contributed by atoms with Crippen LogP contribution in [0, 0.1) is 11.8 Å². The van der Waals surface area contributed by atoms with E-state index in [4.69, 9.17) is 0 Å². The molecule has 0 radical (unpaired) electrons. The molecule has 0 saturated carbocycles. The highest BCUT2D eigenvalue weighted by atomic mass is 15.1. The summed E-state index contributed by atoms with van der Waals surface area (Å²) in [5.74, 6) is 1.81. The molecule has 2 heteroatoms. The zero-order valence-corrected chi connectivity index (χ0v) is 10.1. The lowest BCUT2D eigenvalue weighted by molar-refractivity contribution is 0.139. The fourth-order valence-electron chi connectivity index (χ4n) is 2.61. The summed E-state index contributed by atoms with van der Waals surface area (Å²) in [5, 5.41) is 3.20. The third kappa shape index (κ3) is 4.43. The number of piperidine rings is 1. The van der Waals surface area contributed by atoms with Crippen LogP contribution in [-0.2, 0) is 0 Å². The zero-order valence-electron chi connectivity index (χ0n) is 10.1. The molecular weight excluding hydrogens is 172 g/mol. The molecular formula is C12H26N2. The molecule has 0 aromatic rings. The van der Waals surface area contributed by atoms with Gasteiger partial charge in [0.1, 0.15) is 0 Å². The predicted octanol–water partition coefficient (Wildman–Crippen LogP) is 1.96. The van der Waals surface area contributed by atoms with Gasteiger partial charge in [-0.3, -0.25) is 0 Å². The molecule has 0 unspecified atom stereocenters. The van der Waals surface area contributed by atoms with E-state index in [1.165, 1.54) is 45.4 Å². The summed E-state index contributed by atoms with van der Waals surface area (Å²) in [6, 6.07) is 0. The smallest absolute Gasteiger partial charge is 0.000724 e.